The molecule has 0 fully saturated rings. The van der Waals surface area contributed by atoms with E-state index in [1.54, 1.807) is 0 Å². The molecule has 4 N–H and O–H groups in total. The summed E-state index contributed by atoms with van der Waals surface area (Å²) in [6, 6.07) is -1.23. The van der Waals surface area contributed by atoms with E-state index in [1.165, 1.54) is 18.0 Å². The van der Waals surface area contributed by atoms with E-state index in [9.17, 15) is 9.59 Å². The van der Waals surface area contributed by atoms with E-state index in [0.717, 1.165) is 6.42 Å². The molecule has 6 heteroatoms. The molecular weight excluding hydrogens is 222 g/mol. The van der Waals surface area contributed by atoms with E-state index in [-0.39, 0.29) is 0 Å². The molecule has 1 atom stereocenters. The van der Waals surface area contributed by atoms with Gasteiger partial charge < -0.3 is 21.1 Å². The number of hydrogen-bond acceptors (Lipinski definition) is 3. The van der Waals surface area contributed by atoms with Gasteiger partial charge in [0.25, 0.3) is 0 Å². The van der Waals surface area contributed by atoms with Gasteiger partial charge in [-0.25, -0.2) is 9.59 Å². The molecule has 0 spiro atoms. The van der Waals surface area contributed by atoms with Crippen LogP contribution in [0.15, 0.2) is 12.7 Å². The Morgan fingerprint density at radius 1 is 1.53 bits per heavy atom. The molecule has 98 valence electrons. The van der Waals surface area contributed by atoms with Crippen molar-refractivity contribution in [3.05, 3.63) is 12.7 Å². The number of likely N-dealkylation sites (N-methyl/N-ethyl adjacent to an activating group) is 1. The molecule has 0 saturated heterocycles. The number of nitrogens with two attached hydrogens (primary N) is 1. The average Bonchev–Trinajstić information content (AvgIpc) is 2.30. The summed E-state index contributed by atoms with van der Waals surface area (Å²) in [5.74, 6) is -1.00. The second-order valence-corrected chi connectivity index (χ2v) is 3.72. The summed E-state index contributed by atoms with van der Waals surface area (Å²) in [6.45, 7) is 4.31. The third-order valence-electron chi connectivity index (χ3n) is 2.40. The van der Waals surface area contributed by atoms with Crippen molar-refractivity contribution < 1.29 is 14.7 Å². The van der Waals surface area contributed by atoms with E-state index in [4.69, 9.17) is 10.8 Å². The number of carbonyl (C=O) groups is 2. The Hall–Kier alpha value is -1.56. The van der Waals surface area contributed by atoms with Crippen LogP contribution >= 0.6 is 0 Å². The molecule has 0 aromatic carbocycles. The third-order valence-corrected chi connectivity index (χ3v) is 2.40. The van der Waals surface area contributed by atoms with Crippen molar-refractivity contribution >= 4 is 12.0 Å². The summed E-state index contributed by atoms with van der Waals surface area (Å²) in [7, 11) is 1.47. The molecule has 0 aromatic heterocycles. The van der Waals surface area contributed by atoms with Crippen LogP contribution in [0.4, 0.5) is 4.79 Å². The van der Waals surface area contributed by atoms with Gasteiger partial charge in [0.05, 0.1) is 0 Å². The molecule has 0 bridgehead atoms. The molecule has 2 amide bonds. The molecule has 0 heterocycles. The van der Waals surface area contributed by atoms with Crippen LogP contribution in [0, 0.1) is 0 Å². The Morgan fingerprint density at radius 2 is 2.18 bits per heavy atom. The van der Waals surface area contributed by atoms with Crippen LogP contribution in [0.2, 0.25) is 0 Å². The Balaban J connectivity index is 4.31. The summed E-state index contributed by atoms with van der Waals surface area (Å²) in [6.07, 6.45) is 3.39. The van der Waals surface area contributed by atoms with Crippen molar-refractivity contribution in [1.29, 1.82) is 0 Å². The van der Waals surface area contributed by atoms with E-state index in [2.05, 4.69) is 11.9 Å². The zero-order valence-corrected chi connectivity index (χ0v) is 10.2. The Kier molecular flexibility index (Phi) is 7.79. The zero-order chi connectivity index (χ0) is 13.3. The topological polar surface area (TPSA) is 95.7 Å². The molecule has 6 nitrogen and oxygen atoms in total. The maximum absolute atomic E-state index is 11.6. The van der Waals surface area contributed by atoms with Crippen molar-refractivity contribution in [2.45, 2.75) is 25.3 Å². The van der Waals surface area contributed by atoms with Gasteiger partial charge in [0.2, 0.25) is 0 Å². The number of nitrogens with zero attached hydrogens (tertiary/aromatic N) is 1. The lowest BCUT2D eigenvalue weighted by Crippen LogP contribution is -2.47. The first-order valence-electron chi connectivity index (χ1n) is 5.59. The number of aliphatic carboxylic acids is 1. The average molecular weight is 243 g/mol. The second kappa shape index (κ2) is 8.58. The highest BCUT2D eigenvalue weighted by atomic mass is 16.4. The lowest BCUT2D eigenvalue weighted by Gasteiger charge is -2.24. The number of rotatable bonds is 8. The molecular formula is C11H21N3O3. The fourth-order valence-corrected chi connectivity index (χ4v) is 1.39. The number of carboxylic acids is 1. The Bertz CT molecular complexity index is 269. The van der Waals surface area contributed by atoms with Crippen LogP contribution < -0.4 is 11.1 Å². The fourth-order valence-electron chi connectivity index (χ4n) is 1.39. The standard InChI is InChI=1S/C11H21N3O3/c1-3-8-13-11(17)14(2)9(10(15)16)6-4-5-7-12/h3,9H,1,4-8,12H2,2H3,(H,13,17)(H,15,16)/t9-/m0/s1. The number of unbranched alkanes of at least 4 members (excludes halogenated alkanes) is 1. The van der Waals surface area contributed by atoms with Crippen molar-refractivity contribution in [2.75, 3.05) is 20.1 Å². The summed E-state index contributed by atoms with van der Waals surface area (Å²) in [5.41, 5.74) is 5.34. The van der Waals surface area contributed by atoms with Crippen molar-refractivity contribution in [3.63, 3.8) is 0 Å². The van der Waals surface area contributed by atoms with Gasteiger partial charge in [0.15, 0.2) is 0 Å². The van der Waals surface area contributed by atoms with Crippen LogP contribution in [0.1, 0.15) is 19.3 Å². The quantitative estimate of drug-likeness (QED) is 0.424. The fraction of sp³-hybridized carbons (Fsp3) is 0.636. The van der Waals surface area contributed by atoms with Crippen molar-refractivity contribution in [1.82, 2.24) is 10.2 Å². The minimum atomic E-state index is -1.00. The van der Waals surface area contributed by atoms with Crippen LogP contribution in [0.25, 0.3) is 0 Å². The third kappa shape index (κ3) is 5.91. The van der Waals surface area contributed by atoms with Gasteiger partial charge >= 0.3 is 12.0 Å². The van der Waals surface area contributed by atoms with Gasteiger partial charge in [-0.2, -0.15) is 0 Å². The van der Waals surface area contributed by atoms with Gasteiger partial charge in [0.1, 0.15) is 6.04 Å². The lowest BCUT2D eigenvalue weighted by atomic mass is 10.1. The van der Waals surface area contributed by atoms with E-state index < -0.39 is 18.0 Å². The normalized spacial score (nSPS) is 11.6. The number of urea groups is 1. The first-order valence-corrected chi connectivity index (χ1v) is 5.59. The predicted molar refractivity (Wildman–Crippen MR) is 65.7 cm³/mol. The van der Waals surface area contributed by atoms with Crippen LogP contribution in [0.3, 0.4) is 0 Å². The molecule has 0 aliphatic rings. The van der Waals surface area contributed by atoms with Gasteiger partial charge in [-0.3, -0.25) is 0 Å². The highest BCUT2D eigenvalue weighted by Gasteiger charge is 2.25. The summed E-state index contributed by atoms with van der Waals surface area (Å²) < 4.78 is 0. The minimum Gasteiger partial charge on any atom is -0.480 e. The molecule has 0 aliphatic carbocycles. The summed E-state index contributed by atoms with van der Waals surface area (Å²) in [4.78, 5) is 23.8. The Labute approximate surface area is 101 Å². The van der Waals surface area contributed by atoms with Gasteiger partial charge in [0, 0.05) is 13.6 Å². The number of amides is 2. The van der Waals surface area contributed by atoms with Gasteiger partial charge in [-0.1, -0.05) is 6.08 Å². The Morgan fingerprint density at radius 3 is 2.65 bits per heavy atom. The minimum absolute atomic E-state index is 0.318. The zero-order valence-electron chi connectivity index (χ0n) is 10.2. The van der Waals surface area contributed by atoms with Gasteiger partial charge in [-0.15, -0.1) is 6.58 Å². The summed E-state index contributed by atoms with van der Waals surface area (Å²) in [5, 5.41) is 11.6. The first kappa shape index (κ1) is 15.4. The van der Waals surface area contributed by atoms with Crippen molar-refractivity contribution in [2.24, 2.45) is 5.73 Å². The smallest absolute Gasteiger partial charge is 0.326 e. The van der Waals surface area contributed by atoms with Crippen LogP contribution in [-0.2, 0) is 4.79 Å². The summed E-state index contributed by atoms with van der Waals surface area (Å²) >= 11 is 0. The van der Waals surface area contributed by atoms with E-state index >= 15 is 0 Å². The number of hydrogen-bond donors (Lipinski definition) is 3. The number of carboxylic acid groups (broad SMARTS) is 1. The molecule has 17 heavy (non-hydrogen) atoms. The molecule has 0 aromatic rings. The predicted octanol–water partition coefficient (Wildman–Crippen LogP) is 0.396. The number of nitrogens with one attached hydrogen (secondary N) is 1. The second-order valence-electron chi connectivity index (χ2n) is 3.72. The van der Waals surface area contributed by atoms with Crippen molar-refractivity contribution in [3.8, 4) is 0 Å². The molecule has 0 radical (unpaired) electrons. The van der Waals surface area contributed by atoms with E-state index in [1.807, 2.05) is 0 Å². The SMILES string of the molecule is C=CCNC(=O)N(C)[C@@H](CCCCN)C(=O)O. The van der Waals surface area contributed by atoms with Crippen LogP contribution in [-0.4, -0.2) is 48.2 Å². The highest BCUT2D eigenvalue weighted by Crippen LogP contribution is 2.07. The van der Waals surface area contributed by atoms with Crippen LogP contribution in [0.5, 0.6) is 0 Å². The van der Waals surface area contributed by atoms with Gasteiger partial charge in [-0.05, 0) is 25.8 Å². The monoisotopic (exact) mass is 243 g/mol. The lowest BCUT2D eigenvalue weighted by molar-refractivity contribution is -0.142. The maximum Gasteiger partial charge on any atom is 0.326 e. The number of carbonyl (C=O) groups excluding carboxylic acids is 1. The molecule has 0 saturated carbocycles. The molecule has 0 unspecified atom stereocenters. The molecule has 0 aliphatic heterocycles. The highest BCUT2D eigenvalue weighted by molar-refractivity contribution is 5.82. The maximum atomic E-state index is 11.6. The molecule has 0 rings (SSSR count). The van der Waals surface area contributed by atoms with E-state index in [0.29, 0.717) is 25.9 Å². The first-order chi connectivity index (χ1) is 8.04. The largest absolute Gasteiger partial charge is 0.480 e.